The Bertz CT molecular complexity index is 1550. The number of rotatable bonds is 14. The van der Waals surface area contributed by atoms with E-state index in [4.69, 9.17) is 5.73 Å². The molecule has 3 rings (SSSR count). The molecule has 0 saturated carbocycles. The SMILES string of the molecule is C#C.C=C\C(=C/C(=C\C)C(=C/C=C(/N)CCC(=C)Nc1nccc(-c2ccccn2)c1C)/N=C)NC(=C)c1ccccc1. The fraction of sp³-hybridized carbons (Fsp3) is 0.108. The topological polar surface area (TPSA) is 88.2 Å². The lowest BCUT2D eigenvalue weighted by Gasteiger charge is -2.14. The third-order valence-electron chi connectivity index (χ3n) is 6.34. The molecule has 43 heavy (non-hydrogen) atoms. The summed E-state index contributed by atoms with van der Waals surface area (Å²) in [6.07, 6.45) is 22.2. The number of aromatic nitrogens is 2. The molecule has 2 aromatic heterocycles. The minimum absolute atomic E-state index is 0.614. The summed E-state index contributed by atoms with van der Waals surface area (Å²) in [6, 6.07) is 17.7. The average molecular weight is 569 g/mol. The van der Waals surface area contributed by atoms with Crippen LogP contribution in [0.25, 0.3) is 17.0 Å². The van der Waals surface area contributed by atoms with Crippen molar-refractivity contribution in [2.24, 2.45) is 10.7 Å². The Balaban J connectivity index is 0.00000316. The first-order valence-corrected chi connectivity index (χ1v) is 13.7. The summed E-state index contributed by atoms with van der Waals surface area (Å²) in [4.78, 5) is 13.2. The molecule has 0 unspecified atom stereocenters. The largest absolute Gasteiger partial charge is 0.402 e. The molecule has 218 valence electrons. The predicted octanol–water partition coefficient (Wildman–Crippen LogP) is 8.11. The number of nitrogens with zero attached hydrogens (tertiary/aromatic N) is 3. The van der Waals surface area contributed by atoms with Crippen molar-refractivity contribution in [3.05, 3.63) is 157 Å². The third kappa shape index (κ3) is 10.3. The van der Waals surface area contributed by atoms with E-state index in [0.717, 1.165) is 50.9 Å². The summed E-state index contributed by atoms with van der Waals surface area (Å²) in [5.74, 6) is 0.754. The van der Waals surface area contributed by atoms with Crippen molar-refractivity contribution < 1.29 is 0 Å². The molecule has 0 saturated heterocycles. The van der Waals surface area contributed by atoms with Crippen LogP contribution in [-0.4, -0.2) is 16.7 Å². The van der Waals surface area contributed by atoms with Gasteiger partial charge in [0.25, 0.3) is 0 Å². The predicted molar refractivity (Wildman–Crippen MR) is 185 cm³/mol. The molecule has 2 heterocycles. The Hall–Kier alpha value is -5.67. The van der Waals surface area contributed by atoms with Gasteiger partial charge >= 0.3 is 0 Å². The van der Waals surface area contributed by atoms with Gasteiger partial charge in [0, 0.05) is 46.3 Å². The molecular weight excluding hydrogens is 528 g/mol. The lowest BCUT2D eigenvalue weighted by atomic mass is 10.1. The zero-order valence-corrected chi connectivity index (χ0v) is 25.1. The van der Waals surface area contributed by atoms with Gasteiger partial charge in [-0.3, -0.25) is 9.98 Å². The van der Waals surface area contributed by atoms with E-state index >= 15 is 0 Å². The number of pyridine rings is 2. The molecule has 0 atom stereocenters. The maximum atomic E-state index is 6.33. The minimum atomic E-state index is 0.614. The van der Waals surface area contributed by atoms with Gasteiger partial charge in [-0.25, -0.2) is 4.98 Å². The van der Waals surface area contributed by atoms with Crippen molar-refractivity contribution in [2.45, 2.75) is 26.7 Å². The number of hydrogen-bond donors (Lipinski definition) is 3. The van der Waals surface area contributed by atoms with Gasteiger partial charge < -0.3 is 16.4 Å². The maximum absolute atomic E-state index is 6.33. The molecule has 1 aromatic carbocycles. The highest BCUT2D eigenvalue weighted by atomic mass is 15.0. The number of hydrogen-bond acceptors (Lipinski definition) is 6. The second-order valence-electron chi connectivity index (χ2n) is 9.24. The summed E-state index contributed by atoms with van der Waals surface area (Å²) in [6.45, 7) is 20.0. The Kier molecular flexibility index (Phi) is 14.0. The Morgan fingerprint density at radius 3 is 2.33 bits per heavy atom. The van der Waals surface area contributed by atoms with Crippen molar-refractivity contribution in [2.75, 3.05) is 5.32 Å². The van der Waals surface area contributed by atoms with Crippen LogP contribution in [0.2, 0.25) is 0 Å². The Morgan fingerprint density at radius 1 is 0.977 bits per heavy atom. The summed E-state index contributed by atoms with van der Waals surface area (Å²) in [5, 5.41) is 6.65. The first-order valence-electron chi connectivity index (χ1n) is 13.7. The highest BCUT2D eigenvalue weighted by Gasteiger charge is 2.09. The quantitative estimate of drug-likeness (QED) is 0.104. The standard InChI is InChI=1S/C35H38N6.C2H2/c1-7-28(24-31(8-2)41-27(5)29-14-10-9-11-15-29)33(37-6)20-19-30(36)18-17-25(3)40-35-26(4)32(21-23-39-35)34-16-12-13-22-38-34;1-2/h7-16,19-24,41H,2-3,5-6,17-18,36H2,1,4H3,(H,39,40);1-2H/b28-7+,30-19+,31-24+,33-20-;. The van der Waals surface area contributed by atoms with Gasteiger partial charge in [0.15, 0.2) is 0 Å². The number of allylic oxidation sites excluding steroid dienone is 7. The monoisotopic (exact) mass is 568 g/mol. The van der Waals surface area contributed by atoms with E-state index < -0.39 is 0 Å². The van der Waals surface area contributed by atoms with Crippen LogP contribution in [0.4, 0.5) is 5.82 Å². The summed E-state index contributed by atoms with van der Waals surface area (Å²) < 4.78 is 0. The van der Waals surface area contributed by atoms with Gasteiger partial charge in [0.2, 0.25) is 0 Å². The summed E-state index contributed by atoms with van der Waals surface area (Å²) >= 11 is 0. The molecule has 6 nitrogen and oxygen atoms in total. The van der Waals surface area contributed by atoms with E-state index in [0.29, 0.717) is 24.2 Å². The third-order valence-corrected chi connectivity index (χ3v) is 6.34. The lowest BCUT2D eigenvalue weighted by molar-refractivity contribution is 0.915. The molecule has 3 aromatic rings. The highest BCUT2D eigenvalue weighted by Crippen LogP contribution is 2.26. The van der Waals surface area contributed by atoms with Gasteiger partial charge in [0.05, 0.1) is 11.4 Å². The molecule has 0 fully saturated rings. The lowest BCUT2D eigenvalue weighted by Crippen LogP contribution is -2.09. The molecule has 6 heteroatoms. The summed E-state index contributed by atoms with van der Waals surface area (Å²) in [5.41, 5.74) is 14.9. The van der Waals surface area contributed by atoms with Crippen molar-refractivity contribution in [1.29, 1.82) is 0 Å². The molecule has 4 N–H and O–H groups in total. The Morgan fingerprint density at radius 2 is 1.70 bits per heavy atom. The van der Waals surface area contributed by atoms with Crippen LogP contribution in [0.15, 0.2) is 150 Å². The van der Waals surface area contributed by atoms with E-state index in [1.807, 2.05) is 92.7 Å². The molecule has 0 bridgehead atoms. The van der Waals surface area contributed by atoms with Crippen LogP contribution in [0, 0.1) is 19.8 Å². The van der Waals surface area contributed by atoms with Crippen LogP contribution in [0.1, 0.15) is 30.9 Å². The number of nitrogens with one attached hydrogen (secondary N) is 2. The van der Waals surface area contributed by atoms with Gasteiger partial charge in [-0.15, -0.1) is 12.8 Å². The highest BCUT2D eigenvalue weighted by molar-refractivity contribution is 5.69. The maximum Gasteiger partial charge on any atom is 0.133 e. The van der Waals surface area contributed by atoms with Crippen molar-refractivity contribution in [3.8, 4) is 24.1 Å². The number of benzene rings is 1. The molecule has 0 spiro atoms. The van der Waals surface area contributed by atoms with Crippen LogP contribution >= 0.6 is 0 Å². The van der Waals surface area contributed by atoms with Crippen LogP contribution in [0.5, 0.6) is 0 Å². The van der Waals surface area contributed by atoms with Crippen molar-refractivity contribution in [3.63, 3.8) is 0 Å². The fourth-order valence-corrected chi connectivity index (χ4v) is 4.00. The van der Waals surface area contributed by atoms with Crippen molar-refractivity contribution in [1.82, 2.24) is 15.3 Å². The van der Waals surface area contributed by atoms with Crippen LogP contribution in [0.3, 0.4) is 0 Å². The molecule has 0 aliphatic rings. The zero-order chi connectivity index (χ0) is 31.6. The van der Waals surface area contributed by atoms with Gasteiger partial charge in [-0.1, -0.05) is 62.2 Å². The number of aliphatic imine (C=N–C) groups is 1. The molecule has 0 amide bonds. The minimum Gasteiger partial charge on any atom is -0.402 e. The van der Waals surface area contributed by atoms with Gasteiger partial charge in [0.1, 0.15) is 5.82 Å². The number of terminal acetylenes is 1. The van der Waals surface area contributed by atoms with E-state index in [1.165, 1.54) is 0 Å². The normalized spacial score (nSPS) is 11.9. The smallest absolute Gasteiger partial charge is 0.133 e. The van der Waals surface area contributed by atoms with E-state index in [2.05, 4.69) is 64.9 Å². The first-order chi connectivity index (χ1) is 20.9. The zero-order valence-electron chi connectivity index (χ0n) is 25.1. The summed E-state index contributed by atoms with van der Waals surface area (Å²) in [7, 11) is 0. The van der Waals surface area contributed by atoms with E-state index in [9.17, 15) is 0 Å². The first kappa shape index (κ1) is 33.5. The second-order valence-corrected chi connectivity index (χ2v) is 9.24. The second kappa shape index (κ2) is 17.9. The van der Waals surface area contributed by atoms with E-state index in [1.54, 1.807) is 18.5 Å². The van der Waals surface area contributed by atoms with Gasteiger partial charge in [-0.05, 0) is 87.0 Å². The van der Waals surface area contributed by atoms with E-state index in [-0.39, 0.29) is 0 Å². The molecule has 0 radical (unpaired) electrons. The van der Waals surface area contributed by atoms with Gasteiger partial charge in [-0.2, -0.15) is 0 Å². The average Bonchev–Trinajstić information content (AvgIpc) is 3.05. The Labute approximate surface area is 256 Å². The molecular formula is C37H40N6. The molecule has 0 aliphatic heterocycles. The van der Waals surface area contributed by atoms with Crippen LogP contribution in [-0.2, 0) is 0 Å². The van der Waals surface area contributed by atoms with Crippen LogP contribution < -0.4 is 16.4 Å². The molecule has 0 aliphatic carbocycles. The number of anilines is 1. The fourth-order valence-electron chi connectivity index (χ4n) is 4.00. The number of nitrogens with two attached hydrogens (primary N) is 1. The van der Waals surface area contributed by atoms with Crippen molar-refractivity contribution >= 4 is 18.2 Å².